The fourth-order valence-electron chi connectivity index (χ4n) is 2.19. The molecule has 1 rings (SSSR count). The van der Waals surface area contributed by atoms with Gasteiger partial charge in [-0.15, -0.1) is 0 Å². The molecule has 3 unspecified atom stereocenters. The summed E-state index contributed by atoms with van der Waals surface area (Å²) in [5.74, 6) is -2.08. The van der Waals surface area contributed by atoms with Crippen LogP contribution in [0.2, 0.25) is 0 Å². The van der Waals surface area contributed by atoms with Crippen molar-refractivity contribution in [2.24, 2.45) is 11.8 Å². The molecule has 0 heterocycles. The number of amides is 1. The molecule has 0 spiro atoms. The van der Waals surface area contributed by atoms with Crippen molar-refractivity contribution in [3.05, 3.63) is 12.2 Å². The molecule has 0 fully saturated rings. The van der Waals surface area contributed by atoms with E-state index in [1.807, 2.05) is 19.1 Å². The lowest BCUT2D eigenvalue weighted by molar-refractivity contribution is -0.150. The van der Waals surface area contributed by atoms with Gasteiger partial charge in [0.25, 0.3) is 0 Å². The standard InChI is InChI=1S/C13H21NO4/c1-9(18-3)8-14(2)12(15)10-6-4-5-7-11(10)13(16)17/h4-5,9-11H,6-8H2,1-3H3,(H,16,17). The van der Waals surface area contributed by atoms with E-state index in [9.17, 15) is 9.59 Å². The lowest BCUT2D eigenvalue weighted by Crippen LogP contribution is -2.42. The lowest BCUT2D eigenvalue weighted by Gasteiger charge is -2.29. The smallest absolute Gasteiger partial charge is 0.307 e. The van der Waals surface area contributed by atoms with Gasteiger partial charge in [0, 0.05) is 20.7 Å². The van der Waals surface area contributed by atoms with E-state index in [4.69, 9.17) is 9.84 Å². The Balaban J connectivity index is 2.69. The third kappa shape index (κ3) is 3.57. The van der Waals surface area contributed by atoms with Crippen LogP contribution in [0.5, 0.6) is 0 Å². The SMILES string of the molecule is COC(C)CN(C)C(=O)C1CC=CCC1C(=O)O. The van der Waals surface area contributed by atoms with E-state index in [2.05, 4.69) is 0 Å². The van der Waals surface area contributed by atoms with E-state index in [-0.39, 0.29) is 12.0 Å². The summed E-state index contributed by atoms with van der Waals surface area (Å²) in [5, 5.41) is 9.14. The second kappa shape index (κ2) is 6.54. The zero-order valence-corrected chi connectivity index (χ0v) is 11.1. The van der Waals surface area contributed by atoms with Gasteiger partial charge in [-0.25, -0.2) is 0 Å². The monoisotopic (exact) mass is 255 g/mol. The number of methoxy groups -OCH3 is 1. The van der Waals surface area contributed by atoms with E-state index in [1.165, 1.54) is 0 Å². The number of carbonyl (C=O) groups is 2. The Morgan fingerprint density at radius 3 is 2.44 bits per heavy atom. The van der Waals surface area contributed by atoms with Gasteiger partial charge in [0.2, 0.25) is 5.91 Å². The third-order valence-electron chi connectivity index (χ3n) is 3.38. The van der Waals surface area contributed by atoms with Crippen molar-refractivity contribution in [2.45, 2.75) is 25.9 Å². The van der Waals surface area contributed by atoms with Crippen LogP contribution in [-0.2, 0) is 14.3 Å². The predicted molar refractivity (Wildman–Crippen MR) is 67.1 cm³/mol. The molecule has 5 heteroatoms. The molecule has 0 saturated heterocycles. The highest BCUT2D eigenvalue weighted by molar-refractivity contribution is 5.85. The van der Waals surface area contributed by atoms with Gasteiger partial charge in [-0.05, 0) is 19.8 Å². The molecular weight excluding hydrogens is 234 g/mol. The van der Waals surface area contributed by atoms with Crippen molar-refractivity contribution in [1.29, 1.82) is 0 Å². The number of carboxylic acid groups (broad SMARTS) is 1. The second-order valence-electron chi connectivity index (χ2n) is 4.76. The van der Waals surface area contributed by atoms with Gasteiger partial charge in [0.05, 0.1) is 17.9 Å². The fourth-order valence-corrected chi connectivity index (χ4v) is 2.19. The van der Waals surface area contributed by atoms with Crippen molar-refractivity contribution in [2.75, 3.05) is 20.7 Å². The maximum atomic E-state index is 12.2. The maximum Gasteiger partial charge on any atom is 0.307 e. The molecular formula is C13H21NO4. The minimum absolute atomic E-state index is 0.0543. The molecule has 1 N–H and O–H groups in total. The van der Waals surface area contributed by atoms with Crippen LogP contribution >= 0.6 is 0 Å². The van der Waals surface area contributed by atoms with Crippen LogP contribution in [0, 0.1) is 11.8 Å². The zero-order chi connectivity index (χ0) is 13.7. The summed E-state index contributed by atoms with van der Waals surface area (Å²) in [6.45, 7) is 2.35. The number of allylic oxidation sites excluding steroid dienone is 2. The fraction of sp³-hybridized carbons (Fsp3) is 0.692. The molecule has 1 aliphatic carbocycles. The first-order valence-electron chi connectivity index (χ1n) is 6.13. The summed E-state index contributed by atoms with van der Waals surface area (Å²) in [6.07, 6.45) is 4.60. The Bertz CT molecular complexity index is 340. The Hall–Kier alpha value is -1.36. The summed E-state index contributed by atoms with van der Waals surface area (Å²) in [6, 6.07) is 0. The minimum atomic E-state index is -0.897. The molecule has 18 heavy (non-hydrogen) atoms. The van der Waals surface area contributed by atoms with Crippen LogP contribution in [0.15, 0.2) is 12.2 Å². The molecule has 0 radical (unpaired) electrons. The molecule has 102 valence electrons. The number of nitrogens with zero attached hydrogens (tertiary/aromatic N) is 1. The summed E-state index contributed by atoms with van der Waals surface area (Å²) in [7, 11) is 3.28. The Morgan fingerprint density at radius 2 is 1.94 bits per heavy atom. The van der Waals surface area contributed by atoms with E-state index in [0.29, 0.717) is 19.4 Å². The van der Waals surface area contributed by atoms with Gasteiger partial charge in [-0.1, -0.05) is 12.2 Å². The van der Waals surface area contributed by atoms with Crippen LogP contribution in [0.3, 0.4) is 0 Å². The van der Waals surface area contributed by atoms with Crippen molar-refractivity contribution in [1.82, 2.24) is 4.90 Å². The maximum absolute atomic E-state index is 12.2. The first-order chi connectivity index (χ1) is 8.47. The number of carbonyl (C=O) groups excluding carboxylic acids is 1. The summed E-state index contributed by atoms with van der Waals surface area (Å²) in [4.78, 5) is 24.9. The van der Waals surface area contributed by atoms with Crippen molar-refractivity contribution >= 4 is 11.9 Å². The molecule has 0 aromatic heterocycles. The summed E-state index contributed by atoms with van der Waals surface area (Å²) >= 11 is 0. The molecule has 0 bridgehead atoms. The number of aliphatic carboxylic acids is 1. The van der Waals surface area contributed by atoms with E-state index >= 15 is 0 Å². The Kier molecular flexibility index (Phi) is 5.34. The van der Waals surface area contributed by atoms with Crippen LogP contribution in [0.4, 0.5) is 0 Å². The summed E-state index contributed by atoms with van der Waals surface area (Å²) < 4.78 is 5.11. The Labute approximate surface area is 107 Å². The Morgan fingerprint density at radius 1 is 1.39 bits per heavy atom. The number of hydrogen-bond acceptors (Lipinski definition) is 3. The van der Waals surface area contributed by atoms with E-state index < -0.39 is 17.8 Å². The average molecular weight is 255 g/mol. The van der Waals surface area contributed by atoms with Gasteiger partial charge in [0.15, 0.2) is 0 Å². The highest BCUT2D eigenvalue weighted by atomic mass is 16.5. The first kappa shape index (κ1) is 14.7. The highest BCUT2D eigenvalue weighted by Gasteiger charge is 2.35. The molecule has 5 nitrogen and oxygen atoms in total. The number of carboxylic acids is 1. The molecule has 0 aliphatic heterocycles. The van der Waals surface area contributed by atoms with Crippen LogP contribution in [0.1, 0.15) is 19.8 Å². The topological polar surface area (TPSA) is 66.8 Å². The van der Waals surface area contributed by atoms with Gasteiger partial charge in [-0.2, -0.15) is 0 Å². The summed E-state index contributed by atoms with van der Waals surface area (Å²) in [5.41, 5.74) is 0. The van der Waals surface area contributed by atoms with Gasteiger partial charge < -0.3 is 14.7 Å². The quantitative estimate of drug-likeness (QED) is 0.748. The molecule has 1 amide bonds. The van der Waals surface area contributed by atoms with Gasteiger partial charge in [0.1, 0.15) is 0 Å². The first-order valence-corrected chi connectivity index (χ1v) is 6.13. The molecule has 0 aromatic carbocycles. The molecule has 1 aliphatic rings. The number of likely N-dealkylation sites (N-methyl/N-ethyl adjacent to an activating group) is 1. The van der Waals surface area contributed by atoms with Gasteiger partial charge >= 0.3 is 5.97 Å². The number of rotatable bonds is 5. The van der Waals surface area contributed by atoms with E-state index in [0.717, 1.165) is 0 Å². The number of ether oxygens (including phenoxy) is 1. The normalized spacial score (nSPS) is 24.6. The minimum Gasteiger partial charge on any atom is -0.481 e. The van der Waals surface area contributed by atoms with Crippen LogP contribution in [0.25, 0.3) is 0 Å². The largest absolute Gasteiger partial charge is 0.481 e. The van der Waals surface area contributed by atoms with Crippen molar-refractivity contribution in [3.8, 4) is 0 Å². The highest BCUT2D eigenvalue weighted by Crippen LogP contribution is 2.27. The molecule has 0 aromatic rings. The van der Waals surface area contributed by atoms with E-state index in [1.54, 1.807) is 19.1 Å². The van der Waals surface area contributed by atoms with Crippen molar-refractivity contribution < 1.29 is 19.4 Å². The van der Waals surface area contributed by atoms with Crippen LogP contribution in [-0.4, -0.2) is 48.7 Å². The number of hydrogen-bond donors (Lipinski definition) is 1. The average Bonchev–Trinajstić information content (AvgIpc) is 2.37. The molecule has 3 atom stereocenters. The lowest BCUT2D eigenvalue weighted by atomic mass is 9.82. The van der Waals surface area contributed by atoms with Crippen LogP contribution < -0.4 is 0 Å². The van der Waals surface area contributed by atoms with Crippen molar-refractivity contribution in [3.63, 3.8) is 0 Å². The third-order valence-corrected chi connectivity index (χ3v) is 3.38. The van der Waals surface area contributed by atoms with Gasteiger partial charge in [-0.3, -0.25) is 9.59 Å². The zero-order valence-electron chi connectivity index (χ0n) is 11.1. The second-order valence-corrected chi connectivity index (χ2v) is 4.76. The predicted octanol–water partition coefficient (Wildman–Crippen LogP) is 1.15. The molecule has 0 saturated carbocycles.